The Morgan fingerprint density at radius 3 is 2.37 bits per heavy atom. The number of carbonyl (C=O) groups is 3. The first-order valence-corrected chi connectivity index (χ1v) is 10.0. The van der Waals surface area contributed by atoms with Gasteiger partial charge in [0.1, 0.15) is 12.6 Å². The van der Waals surface area contributed by atoms with Gasteiger partial charge in [-0.05, 0) is 51.3 Å². The second-order valence-electron chi connectivity index (χ2n) is 7.10. The fraction of sp³-hybridized carbons (Fsp3) is 0.524. The summed E-state index contributed by atoms with van der Waals surface area (Å²) in [5.74, 6) is -0.903. The van der Waals surface area contributed by atoms with Crippen molar-refractivity contribution in [3.63, 3.8) is 0 Å². The van der Waals surface area contributed by atoms with Crippen LogP contribution in [0.3, 0.4) is 0 Å². The summed E-state index contributed by atoms with van der Waals surface area (Å²) in [6.07, 6.45) is 1.16. The van der Waals surface area contributed by atoms with Crippen molar-refractivity contribution in [2.45, 2.75) is 45.8 Å². The minimum atomic E-state index is -0.671. The zero-order chi connectivity index (χ0) is 22.1. The van der Waals surface area contributed by atoms with Crippen LogP contribution >= 0.6 is 0 Å². The number of oxime groups is 1. The van der Waals surface area contributed by atoms with E-state index in [1.807, 2.05) is 0 Å². The van der Waals surface area contributed by atoms with Crippen molar-refractivity contribution in [3.8, 4) is 0 Å². The molecule has 1 unspecified atom stereocenters. The molecule has 1 saturated heterocycles. The molecule has 30 heavy (non-hydrogen) atoms. The van der Waals surface area contributed by atoms with Crippen LogP contribution in [0.4, 0.5) is 0 Å². The summed E-state index contributed by atoms with van der Waals surface area (Å²) in [6, 6.07) is 5.91. The maximum absolute atomic E-state index is 12.7. The Hall–Kier alpha value is -2.94. The van der Waals surface area contributed by atoms with E-state index >= 15 is 0 Å². The number of nitrogens with zero attached hydrogens (tertiary/aromatic N) is 2. The van der Waals surface area contributed by atoms with Crippen LogP contribution in [0.2, 0.25) is 0 Å². The number of likely N-dealkylation sites (tertiary alicyclic amines) is 1. The number of benzene rings is 1. The SMILES string of the molecule is CCOC(=O)COC1CCN(C(=O)C(C)NC(=O)c2ccc(/C(C)=N/O)cc2)CC1. The predicted octanol–water partition coefficient (Wildman–Crippen LogP) is 1.57. The Balaban J connectivity index is 1.80. The molecule has 1 atom stereocenters. The summed E-state index contributed by atoms with van der Waals surface area (Å²) in [4.78, 5) is 38.1. The van der Waals surface area contributed by atoms with Gasteiger partial charge >= 0.3 is 5.97 Å². The van der Waals surface area contributed by atoms with Gasteiger partial charge in [0.15, 0.2) is 0 Å². The highest BCUT2D eigenvalue weighted by Crippen LogP contribution is 2.15. The number of hydrogen-bond donors (Lipinski definition) is 2. The molecule has 9 nitrogen and oxygen atoms in total. The van der Waals surface area contributed by atoms with Crippen molar-refractivity contribution in [1.29, 1.82) is 0 Å². The molecule has 1 aliphatic rings. The molecule has 1 aromatic rings. The standard InChI is InChI=1S/C21H29N3O6/c1-4-29-19(25)13-30-18-9-11-24(12-10-18)21(27)15(3)22-20(26)17-7-5-16(6-8-17)14(2)23-28/h5-8,15,18,28H,4,9-13H2,1-3H3,(H,22,26)/b23-14+. The Morgan fingerprint density at radius 2 is 1.80 bits per heavy atom. The van der Waals surface area contributed by atoms with Gasteiger partial charge in [-0.1, -0.05) is 17.3 Å². The van der Waals surface area contributed by atoms with E-state index < -0.39 is 6.04 Å². The van der Waals surface area contributed by atoms with Crippen LogP contribution in [-0.4, -0.2) is 72.1 Å². The molecule has 1 aliphatic heterocycles. The highest BCUT2D eigenvalue weighted by Gasteiger charge is 2.27. The van der Waals surface area contributed by atoms with Crippen molar-refractivity contribution >= 4 is 23.5 Å². The van der Waals surface area contributed by atoms with Gasteiger partial charge in [0.2, 0.25) is 5.91 Å². The maximum atomic E-state index is 12.7. The van der Waals surface area contributed by atoms with E-state index in [-0.39, 0.29) is 30.5 Å². The molecule has 1 aromatic carbocycles. The van der Waals surface area contributed by atoms with Crippen molar-refractivity contribution in [3.05, 3.63) is 35.4 Å². The van der Waals surface area contributed by atoms with E-state index in [1.54, 1.807) is 49.9 Å². The van der Waals surface area contributed by atoms with Crippen molar-refractivity contribution in [2.24, 2.45) is 5.16 Å². The number of rotatable bonds is 8. The maximum Gasteiger partial charge on any atom is 0.332 e. The first-order chi connectivity index (χ1) is 14.3. The van der Waals surface area contributed by atoms with E-state index in [1.165, 1.54) is 0 Å². The number of piperidine rings is 1. The lowest BCUT2D eigenvalue weighted by Gasteiger charge is -2.33. The quantitative estimate of drug-likeness (QED) is 0.286. The van der Waals surface area contributed by atoms with Crippen LogP contribution in [-0.2, 0) is 19.1 Å². The number of esters is 1. The molecule has 1 fully saturated rings. The second kappa shape index (κ2) is 11.3. The van der Waals surface area contributed by atoms with Gasteiger partial charge in [-0.3, -0.25) is 9.59 Å². The highest BCUT2D eigenvalue weighted by molar-refractivity contribution is 6.01. The molecule has 0 spiro atoms. The molecule has 164 valence electrons. The third-order valence-electron chi connectivity index (χ3n) is 4.93. The third-order valence-corrected chi connectivity index (χ3v) is 4.93. The summed E-state index contributed by atoms with van der Waals surface area (Å²) in [6.45, 7) is 6.29. The lowest BCUT2D eigenvalue weighted by Crippen LogP contribution is -2.50. The molecule has 0 bridgehead atoms. The molecular weight excluding hydrogens is 390 g/mol. The summed E-state index contributed by atoms with van der Waals surface area (Å²) in [5, 5.41) is 14.6. The summed E-state index contributed by atoms with van der Waals surface area (Å²) in [7, 11) is 0. The monoisotopic (exact) mass is 419 g/mol. The van der Waals surface area contributed by atoms with Gasteiger partial charge < -0.3 is 24.9 Å². The Bertz CT molecular complexity index is 769. The van der Waals surface area contributed by atoms with E-state index in [2.05, 4.69) is 10.5 Å². The molecule has 0 saturated carbocycles. The Morgan fingerprint density at radius 1 is 1.20 bits per heavy atom. The normalized spacial score (nSPS) is 16.1. The summed E-state index contributed by atoms with van der Waals surface area (Å²) < 4.78 is 10.4. The lowest BCUT2D eigenvalue weighted by molar-refractivity contribution is -0.152. The third kappa shape index (κ3) is 6.55. The molecule has 2 rings (SSSR count). The zero-order valence-electron chi connectivity index (χ0n) is 17.6. The van der Waals surface area contributed by atoms with Gasteiger partial charge in [-0.25, -0.2) is 4.79 Å². The van der Waals surface area contributed by atoms with E-state index in [0.29, 0.717) is 49.4 Å². The number of carbonyl (C=O) groups excluding carboxylic acids is 3. The van der Waals surface area contributed by atoms with Crippen molar-refractivity contribution < 1.29 is 29.1 Å². The smallest absolute Gasteiger partial charge is 0.332 e. The Kier molecular flexibility index (Phi) is 8.79. The fourth-order valence-corrected chi connectivity index (χ4v) is 3.17. The number of amides is 2. The van der Waals surface area contributed by atoms with Gasteiger partial charge in [-0.15, -0.1) is 0 Å². The zero-order valence-corrected chi connectivity index (χ0v) is 17.6. The fourth-order valence-electron chi connectivity index (χ4n) is 3.17. The predicted molar refractivity (Wildman–Crippen MR) is 110 cm³/mol. The lowest BCUT2D eigenvalue weighted by atomic mass is 10.1. The minimum absolute atomic E-state index is 0.0820. The average Bonchev–Trinajstić information content (AvgIpc) is 2.77. The molecule has 0 radical (unpaired) electrons. The first kappa shape index (κ1) is 23.3. The van der Waals surface area contributed by atoms with Gasteiger partial charge in [0, 0.05) is 18.7 Å². The summed E-state index contributed by atoms with van der Waals surface area (Å²) in [5.41, 5.74) is 1.56. The number of nitrogens with one attached hydrogen (secondary N) is 1. The average molecular weight is 419 g/mol. The number of hydrogen-bond acceptors (Lipinski definition) is 7. The molecule has 2 amide bonds. The van der Waals surface area contributed by atoms with Gasteiger partial charge in [0.05, 0.1) is 18.4 Å². The molecule has 2 N–H and O–H groups in total. The summed E-state index contributed by atoms with van der Waals surface area (Å²) >= 11 is 0. The highest BCUT2D eigenvalue weighted by atomic mass is 16.6. The van der Waals surface area contributed by atoms with Crippen LogP contribution in [0.1, 0.15) is 49.5 Å². The van der Waals surface area contributed by atoms with Gasteiger partial charge in [-0.2, -0.15) is 0 Å². The molecule has 1 heterocycles. The van der Waals surface area contributed by atoms with Crippen LogP contribution in [0.5, 0.6) is 0 Å². The minimum Gasteiger partial charge on any atom is -0.464 e. The largest absolute Gasteiger partial charge is 0.464 e. The van der Waals surface area contributed by atoms with Crippen LogP contribution in [0.15, 0.2) is 29.4 Å². The molecule has 0 aliphatic carbocycles. The molecular formula is C21H29N3O6. The second-order valence-corrected chi connectivity index (χ2v) is 7.10. The van der Waals surface area contributed by atoms with Gasteiger partial charge in [0.25, 0.3) is 5.91 Å². The topological polar surface area (TPSA) is 118 Å². The molecule has 0 aromatic heterocycles. The first-order valence-electron chi connectivity index (χ1n) is 10.0. The van der Waals surface area contributed by atoms with E-state index in [9.17, 15) is 14.4 Å². The van der Waals surface area contributed by atoms with E-state index in [0.717, 1.165) is 0 Å². The van der Waals surface area contributed by atoms with Crippen LogP contribution in [0.25, 0.3) is 0 Å². The Labute approximate surface area is 176 Å². The van der Waals surface area contributed by atoms with Crippen LogP contribution in [0, 0.1) is 0 Å². The van der Waals surface area contributed by atoms with E-state index in [4.69, 9.17) is 14.7 Å². The van der Waals surface area contributed by atoms with Crippen LogP contribution < -0.4 is 5.32 Å². The molecule has 9 heteroatoms. The van der Waals surface area contributed by atoms with Crippen molar-refractivity contribution in [2.75, 3.05) is 26.3 Å². The number of ether oxygens (including phenoxy) is 2. The van der Waals surface area contributed by atoms with Crippen molar-refractivity contribution in [1.82, 2.24) is 10.2 Å².